The van der Waals surface area contributed by atoms with Gasteiger partial charge in [0, 0.05) is 24.1 Å². The Balaban J connectivity index is 1.24. The number of rotatable bonds is 17. The molecule has 1 amide bonds. The fourth-order valence-electron chi connectivity index (χ4n) is 5.34. The number of carbonyl (C=O) groups excluding carboxylic acids is 1. The number of anilines is 1. The lowest BCUT2D eigenvalue weighted by atomic mass is 10.0. The van der Waals surface area contributed by atoms with Crippen molar-refractivity contribution in [3.63, 3.8) is 0 Å². The van der Waals surface area contributed by atoms with Crippen LogP contribution in [0.25, 0.3) is 22.3 Å². The Bertz CT molecular complexity index is 1810. The molecule has 1 fully saturated rings. The van der Waals surface area contributed by atoms with Crippen LogP contribution in [0.3, 0.4) is 0 Å². The van der Waals surface area contributed by atoms with E-state index in [4.69, 9.17) is 18.6 Å². The van der Waals surface area contributed by atoms with Crippen LogP contribution in [-0.2, 0) is 29.0 Å². The molecule has 0 bridgehead atoms. The monoisotopic (exact) mass is 668 g/mol. The van der Waals surface area contributed by atoms with Gasteiger partial charge in [-0.05, 0) is 60.2 Å². The minimum Gasteiger partial charge on any atom is -0.479 e. The summed E-state index contributed by atoms with van der Waals surface area (Å²) in [6, 6.07) is 17.7. The highest BCUT2D eigenvalue weighted by Gasteiger charge is 2.33. The molecule has 1 atom stereocenters. The summed E-state index contributed by atoms with van der Waals surface area (Å²) in [5, 5.41) is 12.6. The zero-order valence-electron chi connectivity index (χ0n) is 26.1. The Kier molecular flexibility index (Phi) is 10.9. The minimum atomic E-state index is -3.74. The van der Waals surface area contributed by atoms with Crippen molar-refractivity contribution in [2.45, 2.75) is 24.9 Å². The van der Waals surface area contributed by atoms with Crippen LogP contribution in [-0.4, -0.2) is 78.3 Å². The predicted octanol–water partition coefficient (Wildman–Crippen LogP) is 5.12. The molecule has 47 heavy (non-hydrogen) atoms. The number of ether oxygens (including phenoxy) is 3. The average molecular weight is 669 g/mol. The maximum Gasteiger partial charge on any atom is 0.337 e. The summed E-state index contributed by atoms with van der Waals surface area (Å²) >= 11 is 0. The van der Waals surface area contributed by atoms with Crippen molar-refractivity contribution in [3.8, 4) is 11.3 Å². The molecule has 0 spiro atoms. The van der Waals surface area contributed by atoms with Gasteiger partial charge in [0.05, 0.1) is 57.1 Å². The van der Waals surface area contributed by atoms with E-state index in [1.807, 2.05) is 6.07 Å². The molecule has 1 aliphatic carbocycles. The van der Waals surface area contributed by atoms with Gasteiger partial charge in [0.15, 0.2) is 6.10 Å². The zero-order valence-corrected chi connectivity index (χ0v) is 26.9. The number of carboxylic acids is 1. The molecule has 13 heteroatoms. The van der Waals surface area contributed by atoms with Crippen LogP contribution in [0.5, 0.6) is 0 Å². The van der Waals surface area contributed by atoms with Crippen molar-refractivity contribution in [2.75, 3.05) is 57.2 Å². The largest absolute Gasteiger partial charge is 0.479 e. The molecule has 250 valence electrons. The molecule has 5 rings (SSSR count). The maximum absolute atomic E-state index is 13.6. The molecular formula is C34H37FN2O9S. The van der Waals surface area contributed by atoms with E-state index in [-0.39, 0.29) is 57.2 Å². The van der Waals surface area contributed by atoms with Crippen molar-refractivity contribution in [1.82, 2.24) is 5.32 Å². The van der Waals surface area contributed by atoms with Gasteiger partial charge >= 0.3 is 5.97 Å². The third kappa shape index (κ3) is 8.35. The fraction of sp³-hybridized carbons (Fsp3) is 0.353. The van der Waals surface area contributed by atoms with E-state index in [0.717, 1.165) is 24.7 Å². The highest BCUT2D eigenvalue weighted by atomic mass is 32.2. The van der Waals surface area contributed by atoms with Crippen molar-refractivity contribution >= 4 is 38.6 Å². The molecule has 0 saturated heterocycles. The van der Waals surface area contributed by atoms with Gasteiger partial charge in [-0.2, -0.15) is 0 Å². The summed E-state index contributed by atoms with van der Waals surface area (Å²) in [6.45, 7) is 0.705. The van der Waals surface area contributed by atoms with Crippen LogP contribution in [0, 0.1) is 5.82 Å². The normalized spacial score (nSPS) is 13.9. The second-order valence-corrected chi connectivity index (χ2v) is 13.0. The van der Waals surface area contributed by atoms with Gasteiger partial charge in [-0.3, -0.25) is 9.10 Å². The Morgan fingerprint density at radius 1 is 1.00 bits per heavy atom. The summed E-state index contributed by atoms with van der Waals surface area (Å²) in [6.07, 6.45) is 1.79. The first-order valence-electron chi connectivity index (χ1n) is 15.2. The SMILES string of the molecule is CNC(=O)c1c(-c2ccc(F)cc2)oc2cc(N(CCOCCOCCOC(C(=O)O)c3ccccc3)S(C)(=O)=O)c(C3CC3)cc12. The van der Waals surface area contributed by atoms with E-state index in [1.54, 1.807) is 36.4 Å². The standard InChI is InChI=1S/C34H37FN2O9S/c1-36-33(38)30-27-20-26(22-8-9-22)28(21-29(27)46-31(30)24-10-12-25(35)13-11-24)37(47(2,41)42)14-15-43-16-17-44-18-19-45-32(34(39)40)23-6-4-3-5-7-23/h3-7,10-13,20-22,32H,8-9,14-19H2,1-2H3,(H,36,38)(H,39,40). The Hall–Kier alpha value is -4.30. The molecular weight excluding hydrogens is 631 g/mol. The summed E-state index contributed by atoms with van der Waals surface area (Å²) in [5.41, 5.74) is 2.91. The number of carboxylic acid groups (broad SMARTS) is 1. The first-order chi connectivity index (χ1) is 22.6. The highest BCUT2D eigenvalue weighted by molar-refractivity contribution is 7.92. The van der Waals surface area contributed by atoms with Gasteiger partial charge in [-0.25, -0.2) is 17.6 Å². The third-order valence-electron chi connectivity index (χ3n) is 7.73. The Labute approximate surface area is 272 Å². The summed E-state index contributed by atoms with van der Waals surface area (Å²) in [5.74, 6) is -1.51. The van der Waals surface area contributed by atoms with E-state index in [1.165, 1.54) is 35.6 Å². The van der Waals surface area contributed by atoms with E-state index >= 15 is 0 Å². The number of nitrogens with one attached hydrogen (secondary N) is 1. The van der Waals surface area contributed by atoms with Gasteiger partial charge in [0.25, 0.3) is 5.91 Å². The zero-order chi connectivity index (χ0) is 33.6. The van der Waals surface area contributed by atoms with Crippen molar-refractivity contribution in [3.05, 3.63) is 89.2 Å². The van der Waals surface area contributed by atoms with Crippen LogP contribution in [0.1, 0.15) is 46.3 Å². The van der Waals surface area contributed by atoms with Crippen molar-refractivity contribution in [1.29, 1.82) is 0 Å². The van der Waals surface area contributed by atoms with Gasteiger partial charge in [0.2, 0.25) is 10.0 Å². The average Bonchev–Trinajstić information content (AvgIpc) is 3.83. The number of halogens is 1. The van der Waals surface area contributed by atoms with E-state index in [2.05, 4.69) is 5.32 Å². The second kappa shape index (κ2) is 15.1. The van der Waals surface area contributed by atoms with E-state index in [9.17, 15) is 27.5 Å². The number of hydrogen-bond acceptors (Lipinski definition) is 8. The first-order valence-corrected chi connectivity index (χ1v) is 17.0. The molecule has 0 radical (unpaired) electrons. The van der Waals surface area contributed by atoms with E-state index < -0.39 is 27.9 Å². The lowest BCUT2D eigenvalue weighted by molar-refractivity contribution is -0.152. The first kappa shape index (κ1) is 34.0. The Morgan fingerprint density at radius 2 is 1.66 bits per heavy atom. The molecule has 1 heterocycles. The highest BCUT2D eigenvalue weighted by Crippen LogP contribution is 2.48. The quantitative estimate of drug-likeness (QED) is 0.147. The van der Waals surface area contributed by atoms with Gasteiger partial charge < -0.3 is 29.1 Å². The van der Waals surface area contributed by atoms with E-state index in [0.29, 0.717) is 33.3 Å². The van der Waals surface area contributed by atoms with Gasteiger partial charge in [0.1, 0.15) is 17.2 Å². The molecule has 4 aromatic rings. The number of hydrogen-bond donors (Lipinski definition) is 2. The lowest BCUT2D eigenvalue weighted by Gasteiger charge is -2.25. The summed E-state index contributed by atoms with van der Waals surface area (Å²) in [4.78, 5) is 24.6. The third-order valence-corrected chi connectivity index (χ3v) is 8.91. The minimum absolute atomic E-state index is 0.0262. The van der Waals surface area contributed by atoms with Gasteiger partial charge in [-0.1, -0.05) is 30.3 Å². The molecule has 11 nitrogen and oxygen atoms in total. The topological polar surface area (TPSA) is 145 Å². The molecule has 0 aliphatic heterocycles. The number of fused-ring (bicyclic) bond motifs is 1. The number of benzene rings is 3. The molecule has 2 N–H and O–H groups in total. The maximum atomic E-state index is 13.6. The van der Waals surface area contributed by atoms with Crippen molar-refractivity contribution < 1.29 is 46.1 Å². The lowest BCUT2D eigenvalue weighted by Crippen LogP contribution is -2.34. The molecule has 1 aromatic heterocycles. The number of furan rings is 1. The van der Waals surface area contributed by atoms with Crippen LogP contribution in [0.4, 0.5) is 10.1 Å². The number of aliphatic carboxylic acids is 1. The number of nitrogens with zero attached hydrogens (tertiary/aromatic N) is 1. The van der Waals surface area contributed by atoms with Crippen LogP contribution in [0.15, 0.2) is 71.1 Å². The molecule has 1 unspecified atom stereocenters. The van der Waals surface area contributed by atoms with Crippen LogP contribution < -0.4 is 9.62 Å². The number of amides is 1. The van der Waals surface area contributed by atoms with Crippen LogP contribution >= 0.6 is 0 Å². The molecule has 1 aliphatic rings. The predicted molar refractivity (Wildman–Crippen MR) is 174 cm³/mol. The summed E-state index contributed by atoms with van der Waals surface area (Å²) in [7, 11) is -2.23. The fourth-order valence-corrected chi connectivity index (χ4v) is 6.26. The number of carbonyl (C=O) groups is 2. The Morgan fingerprint density at radius 3 is 2.28 bits per heavy atom. The second-order valence-electron chi connectivity index (χ2n) is 11.1. The van der Waals surface area contributed by atoms with Crippen molar-refractivity contribution in [2.24, 2.45) is 0 Å². The number of sulfonamides is 1. The molecule has 1 saturated carbocycles. The summed E-state index contributed by atoms with van der Waals surface area (Å²) < 4.78 is 63.8. The van der Waals surface area contributed by atoms with Crippen LogP contribution in [0.2, 0.25) is 0 Å². The van der Waals surface area contributed by atoms with Gasteiger partial charge in [-0.15, -0.1) is 0 Å². The molecule has 3 aromatic carbocycles. The smallest absolute Gasteiger partial charge is 0.337 e.